The molecule has 1 aliphatic rings. The third kappa shape index (κ3) is 3.94. The Kier molecular flexibility index (Phi) is 4.91. The van der Waals surface area contributed by atoms with Crippen molar-refractivity contribution >= 4 is 23.4 Å². The summed E-state index contributed by atoms with van der Waals surface area (Å²) in [7, 11) is 0. The molecule has 2 rings (SSSR count). The van der Waals surface area contributed by atoms with Crippen LogP contribution in [-0.2, 0) is 4.74 Å². The lowest BCUT2D eigenvalue weighted by Crippen LogP contribution is -2.37. The van der Waals surface area contributed by atoms with E-state index in [4.69, 9.17) is 16.3 Å². The van der Waals surface area contributed by atoms with E-state index in [1.54, 1.807) is 18.0 Å². The maximum atomic E-state index is 5.77. The fourth-order valence-corrected chi connectivity index (χ4v) is 2.51. The summed E-state index contributed by atoms with van der Waals surface area (Å²) in [4.78, 5) is 6.67. The third-order valence-electron chi connectivity index (χ3n) is 2.46. The first-order valence-electron chi connectivity index (χ1n) is 5.39. The molecule has 0 aliphatic carbocycles. The van der Waals surface area contributed by atoms with E-state index in [1.165, 1.54) is 0 Å². The SMILES string of the molecule is Clc1ccc(SCCN2CCOCC2)nc1. The van der Waals surface area contributed by atoms with Crippen LogP contribution in [0.1, 0.15) is 0 Å². The molecule has 0 amide bonds. The molecule has 0 spiro atoms. The predicted octanol–water partition coefficient (Wildman–Crippen LogP) is 2.16. The van der Waals surface area contributed by atoms with Crippen molar-refractivity contribution in [2.24, 2.45) is 0 Å². The maximum Gasteiger partial charge on any atom is 0.0961 e. The smallest absolute Gasteiger partial charge is 0.0961 e. The summed E-state index contributed by atoms with van der Waals surface area (Å²) in [6.45, 7) is 4.93. The van der Waals surface area contributed by atoms with Gasteiger partial charge >= 0.3 is 0 Å². The first-order chi connectivity index (χ1) is 7.84. The number of hydrogen-bond donors (Lipinski definition) is 0. The summed E-state index contributed by atoms with van der Waals surface area (Å²) < 4.78 is 5.30. The van der Waals surface area contributed by atoms with Gasteiger partial charge in [-0.2, -0.15) is 0 Å². The first-order valence-corrected chi connectivity index (χ1v) is 6.75. The maximum absolute atomic E-state index is 5.77. The van der Waals surface area contributed by atoms with Crippen LogP contribution in [0.2, 0.25) is 5.02 Å². The molecule has 0 bridgehead atoms. The molecule has 0 saturated carbocycles. The molecular formula is C11H15ClN2OS. The van der Waals surface area contributed by atoms with Gasteiger partial charge in [0.05, 0.1) is 23.3 Å². The molecule has 0 atom stereocenters. The Hall–Kier alpha value is -0.290. The topological polar surface area (TPSA) is 25.4 Å². The van der Waals surface area contributed by atoms with Gasteiger partial charge in [-0.1, -0.05) is 11.6 Å². The van der Waals surface area contributed by atoms with Crippen LogP contribution in [0.5, 0.6) is 0 Å². The van der Waals surface area contributed by atoms with Crippen molar-refractivity contribution in [3.63, 3.8) is 0 Å². The number of halogens is 1. The molecule has 1 aromatic rings. The molecule has 1 aliphatic heterocycles. The molecule has 1 saturated heterocycles. The van der Waals surface area contributed by atoms with Crippen LogP contribution in [0, 0.1) is 0 Å². The van der Waals surface area contributed by atoms with Gasteiger partial charge in [0, 0.05) is 31.6 Å². The highest BCUT2D eigenvalue weighted by Crippen LogP contribution is 2.17. The Morgan fingerprint density at radius 2 is 2.19 bits per heavy atom. The third-order valence-corrected chi connectivity index (χ3v) is 3.61. The van der Waals surface area contributed by atoms with Gasteiger partial charge in [-0.25, -0.2) is 4.98 Å². The van der Waals surface area contributed by atoms with E-state index in [0.717, 1.165) is 43.6 Å². The molecule has 0 radical (unpaired) electrons. The molecule has 3 nitrogen and oxygen atoms in total. The largest absolute Gasteiger partial charge is 0.379 e. The summed E-state index contributed by atoms with van der Waals surface area (Å²) in [5.74, 6) is 1.06. The summed E-state index contributed by atoms with van der Waals surface area (Å²) in [6.07, 6.45) is 1.69. The van der Waals surface area contributed by atoms with Crippen LogP contribution in [-0.4, -0.2) is 48.5 Å². The first kappa shape index (κ1) is 12.2. The number of ether oxygens (including phenoxy) is 1. The quantitative estimate of drug-likeness (QED) is 0.773. The summed E-state index contributed by atoms with van der Waals surface area (Å²) in [6, 6.07) is 3.85. The molecule has 88 valence electrons. The second-order valence-corrected chi connectivity index (χ2v) is 5.17. The molecule has 0 aromatic carbocycles. The van der Waals surface area contributed by atoms with Crippen LogP contribution in [0.25, 0.3) is 0 Å². The zero-order valence-electron chi connectivity index (χ0n) is 9.06. The standard InChI is InChI=1S/C11H15ClN2OS/c12-10-1-2-11(13-9-10)16-8-5-14-3-6-15-7-4-14/h1-2,9H,3-8H2. The van der Waals surface area contributed by atoms with Gasteiger partial charge in [0.15, 0.2) is 0 Å². The lowest BCUT2D eigenvalue weighted by molar-refractivity contribution is 0.0410. The highest BCUT2D eigenvalue weighted by atomic mass is 35.5. The van der Waals surface area contributed by atoms with E-state index in [2.05, 4.69) is 9.88 Å². The number of nitrogens with zero attached hydrogens (tertiary/aromatic N) is 2. The van der Waals surface area contributed by atoms with Crippen molar-refractivity contribution in [3.8, 4) is 0 Å². The minimum Gasteiger partial charge on any atom is -0.379 e. The van der Waals surface area contributed by atoms with E-state index in [0.29, 0.717) is 5.02 Å². The Balaban J connectivity index is 1.69. The number of rotatable bonds is 4. The van der Waals surface area contributed by atoms with Crippen LogP contribution < -0.4 is 0 Å². The molecule has 5 heteroatoms. The fraction of sp³-hybridized carbons (Fsp3) is 0.545. The minimum atomic E-state index is 0.692. The van der Waals surface area contributed by atoms with Gasteiger partial charge < -0.3 is 4.74 Å². The predicted molar refractivity (Wildman–Crippen MR) is 67.2 cm³/mol. The second kappa shape index (κ2) is 6.45. The van der Waals surface area contributed by atoms with Crippen molar-refractivity contribution in [2.75, 3.05) is 38.6 Å². The van der Waals surface area contributed by atoms with Crippen molar-refractivity contribution < 1.29 is 4.74 Å². The Morgan fingerprint density at radius 3 is 2.88 bits per heavy atom. The van der Waals surface area contributed by atoms with E-state index >= 15 is 0 Å². The molecule has 1 fully saturated rings. The number of pyridine rings is 1. The van der Waals surface area contributed by atoms with Gasteiger partial charge in [-0.05, 0) is 12.1 Å². The zero-order chi connectivity index (χ0) is 11.2. The van der Waals surface area contributed by atoms with Crippen LogP contribution >= 0.6 is 23.4 Å². The van der Waals surface area contributed by atoms with E-state index in [-0.39, 0.29) is 0 Å². The van der Waals surface area contributed by atoms with E-state index in [9.17, 15) is 0 Å². The van der Waals surface area contributed by atoms with Crippen molar-refractivity contribution in [3.05, 3.63) is 23.4 Å². The fourth-order valence-electron chi connectivity index (χ4n) is 1.55. The van der Waals surface area contributed by atoms with Gasteiger partial charge in [-0.15, -0.1) is 11.8 Å². The zero-order valence-corrected chi connectivity index (χ0v) is 10.6. The average Bonchev–Trinajstić information content (AvgIpc) is 2.33. The van der Waals surface area contributed by atoms with Crippen molar-refractivity contribution in [2.45, 2.75) is 5.03 Å². The number of hydrogen-bond acceptors (Lipinski definition) is 4. The number of thioether (sulfide) groups is 1. The summed E-state index contributed by atoms with van der Waals surface area (Å²) >= 11 is 7.54. The van der Waals surface area contributed by atoms with Gasteiger partial charge in [0.2, 0.25) is 0 Å². The highest BCUT2D eigenvalue weighted by molar-refractivity contribution is 7.99. The Morgan fingerprint density at radius 1 is 1.38 bits per heavy atom. The van der Waals surface area contributed by atoms with Crippen molar-refractivity contribution in [1.82, 2.24) is 9.88 Å². The van der Waals surface area contributed by atoms with Crippen LogP contribution in [0.3, 0.4) is 0 Å². The molecule has 2 heterocycles. The lowest BCUT2D eigenvalue weighted by Gasteiger charge is -2.26. The molecule has 0 N–H and O–H groups in total. The monoisotopic (exact) mass is 258 g/mol. The van der Waals surface area contributed by atoms with Gasteiger partial charge in [-0.3, -0.25) is 4.90 Å². The van der Waals surface area contributed by atoms with E-state index < -0.39 is 0 Å². The summed E-state index contributed by atoms with van der Waals surface area (Å²) in [5, 5.41) is 1.73. The van der Waals surface area contributed by atoms with Gasteiger partial charge in [0.25, 0.3) is 0 Å². The molecular weight excluding hydrogens is 244 g/mol. The van der Waals surface area contributed by atoms with E-state index in [1.807, 2.05) is 12.1 Å². The summed E-state index contributed by atoms with van der Waals surface area (Å²) in [5.41, 5.74) is 0. The van der Waals surface area contributed by atoms with Crippen molar-refractivity contribution in [1.29, 1.82) is 0 Å². The van der Waals surface area contributed by atoms with Gasteiger partial charge in [0.1, 0.15) is 0 Å². The Labute approximate surface area is 105 Å². The number of aromatic nitrogens is 1. The second-order valence-electron chi connectivity index (χ2n) is 3.62. The molecule has 16 heavy (non-hydrogen) atoms. The lowest BCUT2D eigenvalue weighted by atomic mass is 10.4. The Bertz CT molecular complexity index is 314. The highest BCUT2D eigenvalue weighted by Gasteiger charge is 2.09. The average molecular weight is 259 g/mol. The minimum absolute atomic E-state index is 0.692. The van der Waals surface area contributed by atoms with Crippen LogP contribution in [0.4, 0.5) is 0 Å². The van der Waals surface area contributed by atoms with Crippen LogP contribution in [0.15, 0.2) is 23.4 Å². The molecule has 1 aromatic heterocycles. The molecule has 0 unspecified atom stereocenters. The number of morpholine rings is 1. The normalized spacial score (nSPS) is 17.6.